The van der Waals surface area contributed by atoms with E-state index in [1.165, 1.54) is 23.9 Å². The molecule has 0 aliphatic carbocycles. The molecule has 124 valence electrons. The number of aromatic nitrogens is 2. The minimum absolute atomic E-state index is 0.0462. The number of hydrogen-bond donors (Lipinski definition) is 1. The summed E-state index contributed by atoms with van der Waals surface area (Å²) in [5, 5.41) is 18.8. The maximum absolute atomic E-state index is 11.7. The van der Waals surface area contributed by atoms with Crippen molar-refractivity contribution in [3.63, 3.8) is 0 Å². The lowest BCUT2D eigenvalue weighted by Gasteiger charge is -2.04. The van der Waals surface area contributed by atoms with Gasteiger partial charge in [-0.3, -0.25) is 0 Å². The first-order chi connectivity index (χ1) is 12.2. The zero-order valence-corrected chi connectivity index (χ0v) is 13.7. The van der Waals surface area contributed by atoms with E-state index in [9.17, 15) is 9.90 Å². The summed E-state index contributed by atoms with van der Waals surface area (Å²) in [6, 6.07) is 15.6. The molecule has 4 rings (SSSR count). The summed E-state index contributed by atoms with van der Waals surface area (Å²) in [4.78, 5) is 11.7. The zero-order chi connectivity index (χ0) is 17.2. The molecule has 0 aliphatic rings. The van der Waals surface area contributed by atoms with Crippen molar-refractivity contribution in [2.24, 2.45) is 0 Å². The highest BCUT2D eigenvalue weighted by Crippen LogP contribution is 2.29. The average Bonchev–Trinajstić information content (AvgIpc) is 3.09. The smallest absolute Gasteiger partial charge is 0.336 e. The van der Waals surface area contributed by atoms with E-state index in [4.69, 9.17) is 8.83 Å². The molecule has 0 unspecified atom stereocenters. The molecule has 2 aromatic carbocycles. The van der Waals surface area contributed by atoms with Gasteiger partial charge in [-0.05, 0) is 29.8 Å². The summed E-state index contributed by atoms with van der Waals surface area (Å²) in [6.45, 7) is 0. The number of phenols is 1. The Morgan fingerprint density at radius 1 is 1.00 bits per heavy atom. The van der Waals surface area contributed by atoms with Crippen LogP contribution in [0.1, 0.15) is 5.56 Å². The van der Waals surface area contributed by atoms with Crippen LogP contribution in [-0.4, -0.2) is 15.3 Å². The van der Waals surface area contributed by atoms with Gasteiger partial charge >= 0.3 is 5.63 Å². The molecule has 0 spiro atoms. The molecule has 0 saturated heterocycles. The Hall–Kier alpha value is -3.06. The highest BCUT2D eigenvalue weighted by Gasteiger charge is 2.11. The Morgan fingerprint density at radius 2 is 1.84 bits per heavy atom. The molecular weight excluding hydrogens is 340 g/mol. The Labute approximate surface area is 146 Å². The fourth-order valence-electron chi connectivity index (χ4n) is 2.44. The summed E-state index contributed by atoms with van der Waals surface area (Å²) in [5.74, 6) is 0.957. The first-order valence-corrected chi connectivity index (χ1v) is 8.45. The molecule has 1 N–H and O–H groups in total. The van der Waals surface area contributed by atoms with Crippen LogP contribution in [0.2, 0.25) is 0 Å². The minimum atomic E-state index is -0.468. The molecule has 25 heavy (non-hydrogen) atoms. The van der Waals surface area contributed by atoms with Crippen LogP contribution in [0.15, 0.2) is 73.4 Å². The van der Waals surface area contributed by atoms with Gasteiger partial charge < -0.3 is 13.9 Å². The van der Waals surface area contributed by atoms with Crippen molar-refractivity contribution in [1.29, 1.82) is 0 Å². The van der Waals surface area contributed by atoms with Gasteiger partial charge in [0.25, 0.3) is 5.22 Å². The summed E-state index contributed by atoms with van der Waals surface area (Å²) in [5.41, 5.74) is 1.50. The van der Waals surface area contributed by atoms with Gasteiger partial charge in [-0.1, -0.05) is 30.0 Å². The Morgan fingerprint density at radius 3 is 2.68 bits per heavy atom. The molecule has 0 amide bonds. The second-order valence-corrected chi connectivity index (χ2v) is 6.23. The van der Waals surface area contributed by atoms with Crippen molar-refractivity contribution in [2.45, 2.75) is 11.0 Å². The number of nitrogens with zero attached hydrogens (tertiary/aromatic N) is 2. The minimum Gasteiger partial charge on any atom is -0.508 e. The summed E-state index contributed by atoms with van der Waals surface area (Å²) < 4.78 is 10.8. The topological polar surface area (TPSA) is 89.4 Å². The summed E-state index contributed by atoms with van der Waals surface area (Å²) in [6.07, 6.45) is 0. The second kappa shape index (κ2) is 6.45. The standard InChI is InChI=1S/C18H12N2O4S/c21-13-6-7-14-12(8-16(22)23-15(14)9-13)10-25-18-20-19-17(24-18)11-4-2-1-3-5-11/h1-9,21H,10H2. The van der Waals surface area contributed by atoms with Crippen LogP contribution in [0, 0.1) is 0 Å². The van der Waals surface area contributed by atoms with Crippen molar-refractivity contribution in [1.82, 2.24) is 10.2 Å². The normalized spacial score (nSPS) is 11.0. The van der Waals surface area contributed by atoms with Crippen molar-refractivity contribution >= 4 is 22.7 Å². The first kappa shape index (κ1) is 15.5. The maximum Gasteiger partial charge on any atom is 0.336 e. The van der Waals surface area contributed by atoms with Crippen LogP contribution in [0.4, 0.5) is 0 Å². The van der Waals surface area contributed by atoms with Crippen molar-refractivity contribution in [3.05, 3.63) is 70.6 Å². The number of phenolic OH excluding ortho intramolecular Hbond substituents is 1. The quantitative estimate of drug-likeness (QED) is 0.441. The van der Waals surface area contributed by atoms with E-state index in [2.05, 4.69) is 10.2 Å². The molecule has 2 heterocycles. The summed E-state index contributed by atoms with van der Waals surface area (Å²) in [7, 11) is 0. The largest absolute Gasteiger partial charge is 0.508 e. The second-order valence-electron chi connectivity index (χ2n) is 5.30. The lowest BCUT2D eigenvalue weighted by molar-refractivity contribution is 0.465. The maximum atomic E-state index is 11.7. The number of rotatable bonds is 4. The number of benzene rings is 2. The molecule has 4 aromatic rings. The average molecular weight is 352 g/mol. The monoisotopic (exact) mass is 352 g/mol. The van der Waals surface area contributed by atoms with Crippen molar-refractivity contribution in [2.75, 3.05) is 0 Å². The van der Waals surface area contributed by atoms with Gasteiger partial charge in [-0.25, -0.2) is 4.79 Å². The van der Waals surface area contributed by atoms with E-state index >= 15 is 0 Å². The Kier molecular flexibility index (Phi) is 3.99. The molecule has 2 aromatic heterocycles. The van der Waals surface area contributed by atoms with Crippen LogP contribution in [0.5, 0.6) is 5.75 Å². The van der Waals surface area contributed by atoms with Gasteiger partial charge in [0, 0.05) is 28.8 Å². The molecule has 0 bridgehead atoms. The molecule has 0 saturated carbocycles. The van der Waals surface area contributed by atoms with E-state index in [-0.39, 0.29) is 5.75 Å². The molecule has 7 heteroatoms. The zero-order valence-electron chi connectivity index (χ0n) is 12.9. The van der Waals surface area contributed by atoms with Crippen LogP contribution in [0.3, 0.4) is 0 Å². The first-order valence-electron chi connectivity index (χ1n) is 7.46. The molecule has 0 atom stereocenters. The molecule has 6 nitrogen and oxygen atoms in total. The molecule has 0 radical (unpaired) electrons. The van der Waals surface area contributed by atoms with E-state index in [1.807, 2.05) is 30.3 Å². The van der Waals surface area contributed by atoms with Gasteiger partial charge in [0.2, 0.25) is 5.89 Å². The highest BCUT2D eigenvalue weighted by molar-refractivity contribution is 7.98. The Bertz CT molecular complexity index is 1090. The van der Waals surface area contributed by atoms with Crippen LogP contribution in [0.25, 0.3) is 22.4 Å². The predicted octanol–water partition coefficient (Wildman–Crippen LogP) is 3.84. The fraction of sp³-hybridized carbons (Fsp3) is 0.0556. The number of hydrogen-bond acceptors (Lipinski definition) is 7. The van der Waals surface area contributed by atoms with E-state index in [0.29, 0.717) is 22.4 Å². The molecule has 0 aliphatic heterocycles. The van der Waals surface area contributed by atoms with Gasteiger partial charge in [-0.2, -0.15) is 0 Å². The van der Waals surface area contributed by atoms with Crippen LogP contribution in [-0.2, 0) is 5.75 Å². The SMILES string of the molecule is O=c1cc(CSc2nnc(-c3ccccc3)o2)c2ccc(O)cc2o1. The lowest BCUT2D eigenvalue weighted by Crippen LogP contribution is -1.99. The number of thioether (sulfide) groups is 1. The van der Waals surface area contributed by atoms with E-state index < -0.39 is 5.63 Å². The van der Waals surface area contributed by atoms with Crippen molar-refractivity contribution in [3.8, 4) is 17.2 Å². The molecular formula is C18H12N2O4S. The van der Waals surface area contributed by atoms with Gasteiger partial charge in [0.05, 0.1) is 0 Å². The van der Waals surface area contributed by atoms with Crippen LogP contribution >= 0.6 is 11.8 Å². The van der Waals surface area contributed by atoms with Gasteiger partial charge in [-0.15, -0.1) is 10.2 Å². The van der Waals surface area contributed by atoms with Gasteiger partial charge in [0.1, 0.15) is 11.3 Å². The molecule has 0 fully saturated rings. The lowest BCUT2D eigenvalue weighted by atomic mass is 10.1. The third-order valence-electron chi connectivity index (χ3n) is 3.59. The number of fused-ring (bicyclic) bond motifs is 1. The van der Waals surface area contributed by atoms with E-state index in [0.717, 1.165) is 16.5 Å². The Balaban J connectivity index is 1.59. The van der Waals surface area contributed by atoms with E-state index in [1.54, 1.807) is 12.1 Å². The third-order valence-corrected chi connectivity index (χ3v) is 4.46. The van der Waals surface area contributed by atoms with Crippen molar-refractivity contribution < 1.29 is 13.9 Å². The summed E-state index contributed by atoms with van der Waals surface area (Å²) >= 11 is 1.33. The fourth-order valence-corrected chi connectivity index (χ4v) is 3.20. The van der Waals surface area contributed by atoms with Crippen LogP contribution < -0.4 is 5.63 Å². The highest BCUT2D eigenvalue weighted by atomic mass is 32.2. The number of aromatic hydroxyl groups is 1. The van der Waals surface area contributed by atoms with Gasteiger partial charge in [0.15, 0.2) is 0 Å². The third kappa shape index (κ3) is 3.27. The predicted molar refractivity (Wildman–Crippen MR) is 93.4 cm³/mol.